The minimum Gasteiger partial charge on any atom is -0.295 e. The monoisotopic (exact) mass is 209 g/mol. The molecule has 1 aromatic rings. The van der Waals surface area contributed by atoms with Gasteiger partial charge in [-0.1, -0.05) is 30.3 Å². The summed E-state index contributed by atoms with van der Waals surface area (Å²) in [4.78, 5) is 2.49. The topological polar surface area (TPSA) is 3.24 Å². The zero-order chi connectivity index (χ0) is 9.80. The minimum atomic E-state index is 0.594. The lowest BCUT2D eigenvalue weighted by Crippen LogP contribution is -2.30. The van der Waals surface area contributed by atoms with Crippen LogP contribution in [0.15, 0.2) is 30.3 Å². The summed E-state index contributed by atoms with van der Waals surface area (Å²) in [6.07, 6.45) is 2.56. The molecule has 1 atom stereocenters. The van der Waals surface area contributed by atoms with Gasteiger partial charge in [-0.2, -0.15) is 0 Å². The van der Waals surface area contributed by atoms with Gasteiger partial charge in [-0.3, -0.25) is 4.90 Å². The van der Waals surface area contributed by atoms with Gasteiger partial charge in [-0.25, -0.2) is 0 Å². The molecule has 1 nitrogen and oxygen atoms in total. The fraction of sp³-hybridized carbons (Fsp3) is 0.500. The third kappa shape index (κ3) is 2.28. The van der Waals surface area contributed by atoms with E-state index in [9.17, 15) is 0 Å². The Morgan fingerprint density at radius 3 is 2.79 bits per heavy atom. The molecule has 1 aliphatic rings. The summed E-state index contributed by atoms with van der Waals surface area (Å²) in [5.41, 5.74) is 1.39. The van der Waals surface area contributed by atoms with Gasteiger partial charge < -0.3 is 0 Å². The van der Waals surface area contributed by atoms with E-state index in [-0.39, 0.29) is 0 Å². The van der Waals surface area contributed by atoms with Crippen LogP contribution in [0.4, 0.5) is 0 Å². The number of halogens is 1. The van der Waals surface area contributed by atoms with Gasteiger partial charge in [0, 0.05) is 18.5 Å². The van der Waals surface area contributed by atoms with Crippen molar-refractivity contribution >= 4 is 11.6 Å². The molecule has 1 heterocycles. The molecule has 1 fully saturated rings. The standard InChI is InChI=1S/C12H16ClN/c13-9-12-7-4-8-14(12)10-11-5-2-1-3-6-11/h1-3,5-6,12H,4,7-10H2/t12-/m0/s1. The average molecular weight is 210 g/mol. The fourth-order valence-electron chi connectivity index (χ4n) is 2.10. The van der Waals surface area contributed by atoms with Crippen molar-refractivity contribution in [3.05, 3.63) is 35.9 Å². The molecule has 2 heteroatoms. The molecule has 1 saturated heterocycles. The molecule has 1 aliphatic heterocycles. The molecule has 14 heavy (non-hydrogen) atoms. The van der Waals surface area contributed by atoms with Crippen LogP contribution in [0, 0.1) is 0 Å². The lowest BCUT2D eigenvalue weighted by atomic mass is 10.2. The van der Waals surface area contributed by atoms with Crippen LogP contribution in [0.3, 0.4) is 0 Å². The molecule has 76 valence electrons. The van der Waals surface area contributed by atoms with Crippen LogP contribution in [0.2, 0.25) is 0 Å². The van der Waals surface area contributed by atoms with Crippen molar-refractivity contribution in [1.82, 2.24) is 4.90 Å². The molecule has 0 aliphatic carbocycles. The molecular weight excluding hydrogens is 194 g/mol. The lowest BCUT2D eigenvalue weighted by Gasteiger charge is -2.22. The number of benzene rings is 1. The highest BCUT2D eigenvalue weighted by atomic mass is 35.5. The molecule has 1 aromatic carbocycles. The van der Waals surface area contributed by atoms with Crippen LogP contribution >= 0.6 is 11.6 Å². The van der Waals surface area contributed by atoms with Crippen LogP contribution in [0.1, 0.15) is 18.4 Å². The van der Waals surface area contributed by atoms with Crippen molar-refractivity contribution in [2.75, 3.05) is 12.4 Å². The summed E-state index contributed by atoms with van der Waals surface area (Å²) in [7, 11) is 0. The van der Waals surface area contributed by atoms with E-state index in [0.717, 1.165) is 12.4 Å². The van der Waals surface area contributed by atoms with E-state index in [2.05, 4.69) is 35.2 Å². The Kier molecular flexibility index (Phi) is 3.44. The molecule has 0 saturated carbocycles. The molecule has 0 radical (unpaired) electrons. The van der Waals surface area contributed by atoms with Gasteiger partial charge >= 0.3 is 0 Å². The number of alkyl halides is 1. The largest absolute Gasteiger partial charge is 0.295 e. The molecule has 0 amide bonds. The normalized spacial score (nSPS) is 22.8. The first-order valence-electron chi connectivity index (χ1n) is 5.24. The van der Waals surface area contributed by atoms with Crippen molar-refractivity contribution in [3.63, 3.8) is 0 Å². The van der Waals surface area contributed by atoms with E-state index in [1.54, 1.807) is 0 Å². The number of likely N-dealkylation sites (tertiary alicyclic amines) is 1. The van der Waals surface area contributed by atoms with Gasteiger partial charge in [0.25, 0.3) is 0 Å². The number of hydrogen-bond donors (Lipinski definition) is 0. The highest BCUT2D eigenvalue weighted by Gasteiger charge is 2.22. The summed E-state index contributed by atoms with van der Waals surface area (Å²) in [5, 5.41) is 0. The summed E-state index contributed by atoms with van der Waals surface area (Å²) in [5.74, 6) is 0.771. The van der Waals surface area contributed by atoms with E-state index >= 15 is 0 Å². The first kappa shape index (κ1) is 10.0. The van der Waals surface area contributed by atoms with Gasteiger partial charge in [0.2, 0.25) is 0 Å². The van der Waals surface area contributed by atoms with E-state index in [0.29, 0.717) is 6.04 Å². The Hall–Kier alpha value is -0.530. The second-order valence-corrected chi connectivity index (χ2v) is 4.22. The quantitative estimate of drug-likeness (QED) is 0.692. The van der Waals surface area contributed by atoms with Crippen LogP contribution in [-0.4, -0.2) is 23.4 Å². The van der Waals surface area contributed by atoms with Gasteiger partial charge in [0.1, 0.15) is 0 Å². The maximum Gasteiger partial charge on any atom is 0.0379 e. The molecule has 0 spiro atoms. The summed E-state index contributed by atoms with van der Waals surface area (Å²) >= 11 is 5.93. The SMILES string of the molecule is ClC[C@@H]1CCCN1Cc1ccccc1. The Labute approximate surface area is 90.7 Å². The Balaban J connectivity index is 1.97. The van der Waals surface area contributed by atoms with E-state index in [4.69, 9.17) is 11.6 Å². The number of hydrogen-bond acceptors (Lipinski definition) is 1. The second-order valence-electron chi connectivity index (χ2n) is 3.91. The minimum absolute atomic E-state index is 0.594. The van der Waals surface area contributed by atoms with Crippen molar-refractivity contribution in [1.29, 1.82) is 0 Å². The van der Waals surface area contributed by atoms with E-state index < -0.39 is 0 Å². The predicted molar refractivity (Wildman–Crippen MR) is 60.6 cm³/mol. The van der Waals surface area contributed by atoms with Crippen LogP contribution in [0.25, 0.3) is 0 Å². The molecular formula is C12H16ClN. The fourth-order valence-corrected chi connectivity index (χ4v) is 2.45. The first-order chi connectivity index (χ1) is 6.90. The third-order valence-corrected chi connectivity index (χ3v) is 3.26. The number of nitrogens with zero attached hydrogens (tertiary/aromatic N) is 1. The maximum absolute atomic E-state index is 5.93. The van der Waals surface area contributed by atoms with Crippen LogP contribution in [-0.2, 0) is 6.54 Å². The van der Waals surface area contributed by atoms with Crippen molar-refractivity contribution in [2.24, 2.45) is 0 Å². The van der Waals surface area contributed by atoms with Crippen molar-refractivity contribution < 1.29 is 0 Å². The zero-order valence-corrected chi connectivity index (χ0v) is 9.08. The highest BCUT2D eigenvalue weighted by Crippen LogP contribution is 2.20. The molecule has 0 aromatic heterocycles. The summed E-state index contributed by atoms with van der Waals surface area (Å²) < 4.78 is 0. The first-order valence-corrected chi connectivity index (χ1v) is 5.77. The van der Waals surface area contributed by atoms with Crippen LogP contribution in [0.5, 0.6) is 0 Å². The van der Waals surface area contributed by atoms with Gasteiger partial charge in [-0.05, 0) is 24.9 Å². The predicted octanol–water partition coefficient (Wildman–Crippen LogP) is 2.89. The molecule has 0 bridgehead atoms. The van der Waals surface area contributed by atoms with Crippen LogP contribution < -0.4 is 0 Å². The maximum atomic E-state index is 5.93. The van der Waals surface area contributed by atoms with Crippen molar-refractivity contribution in [3.8, 4) is 0 Å². The lowest BCUT2D eigenvalue weighted by molar-refractivity contribution is 0.263. The number of rotatable bonds is 3. The smallest absolute Gasteiger partial charge is 0.0379 e. The van der Waals surface area contributed by atoms with E-state index in [1.807, 2.05) is 0 Å². The summed E-state index contributed by atoms with van der Waals surface area (Å²) in [6, 6.07) is 11.2. The Morgan fingerprint density at radius 2 is 2.07 bits per heavy atom. The molecule has 2 rings (SSSR count). The van der Waals surface area contributed by atoms with Crippen molar-refractivity contribution in [2.45, 2.75) is 25.4 Å². The van der Waals surface area contributed by atoms with Gasteiger partial charge in [-0.15, -0.1) is 11.6 Å². The Bertz CT molecular complexity index is 273. The zero-order valence-electron chi connectivity index (χ0n) is 8.32. The highest BCUT2D eigenvalue weighted by molar-refractivity contribution is 6.18. The summed E-state index contributed by atoms with van der Waals surface area (Å²) in [6.45, 7) is 2.25. The second kappa shape index (κ2) is 4.81. The van der Waals surface area contributed by atoms with E-state index in [1.165, 1.54) is 24.9 Å². The molecule has 0 N–H and O–H groups in total. The Morgan fingerprint density at radius 1 is 1.29 bits per heavy atom. The van der Waals surface area contributed by atoms with Gasteiger partial charge in [0.05, 0.1) is 0 Å². The third-order valence-electron chi connectivity index (χ3n) is 2.91. The average Bonchev–Trinajstić information content (AvgIpc) is 2.67. The van der Waals surface area contributed by atoms with Gasteiger partial charge in [0.15, 0.2) is 0 Å². The molecule has 0 unspecified atom stereocenters.